The Morgan fingerprint density at radius 3 is 2.58 bits per heavy atom. The van der Waals surface area contributed by atoms with Crippen LogP contribution in [-0.4, -0.2) is 30.1 Å². The van der Waals surface area contributed by atoms with Gasteiger partial charge in [-0.3, -0.25) is 10.1 Å². The van der Waals surface area contributed by atoms with Gasteiger partial charge in [0.15, 0.2) is 0 Å². The Morgan fingerprint density at radius 1 is 1.37 bits per heavy atom. The second-order valence-electron chi connectivity index (χ2n) is 3.95. The Morgan fingerprint density at radius 2 is 2.05 bits per heavy atom. The number of aliphatic hydroxyl groups excluding tert-OH is 2. The zero-order valence-corrected chi connectivity index (χ0v) is 9.88. The van der Waals surface area contributed by atoms with Gasteiger partial charge in [0.2, 0.25) is 0 Å². The minimum absolute atomic E-state index is 0.0285. The van der Waals surface area contributed by atoms with E-state index in [4.69, 9.17) is 5.11 Å². The molecule has 1 atom stereocenters. The van der Waals surface area contributed by atoms with Crippen LogP contribution in [-0.2, 0) is 13.2 Å². The van der Waals surface area contributed by atoms with Gasteiger partial charge in [0, 0.05) is 12.1 Å². The summed E-state index contributed by atoms with van der Waals surface area (Å²) in [6.45, 7) is -0.0571. The molecule has 2 rings (SSSR count). The van der Waals surface area contributed by atoms with Crippen LogP contribution in [0.15, 0.2) is 30.5 Å². The molecule has 0 amide bonds. The molecule has 19 heavy (non-hydrogen) atoms. The molecule has 100 valence electrons. The second kappa shape index (κ2) is 5.55. The summed E-state index contributed by atoms with van der Waals surface area (Å²) in [5, 5.41) is 36.7. The fourth-order valence-electron chi connectivity index (χ4n) is 1.60. The number of aliphatic hydroxyl groups is 2. The average Bonchev–Trinajstić information content (AvgIpc) is 2.86. The van der Waals surface area contributed by atoms with Crippen LogP contribution in [0.3, 0.4) is 0 Å². The van der Waals surface area contributed by atoms with Crippen LogP contribution < -0.4 is 0 Å². The molecule has 0 saturated carbocycles. The predicted octanol–water partition coefficient (Wildman–Crippen LogP) is 0.412. The van der Waals surface area contributed by atoms with E-state index < -0.39 is 11.0 Å². The zero-order chi connectivity index (χ0) is 13.8. The van der Waals surface area contributed by atoms with Crippen molar-refractivity contribution in [1.29, 1.82) is 0 Å². The van der Waals surface area contributed by atoms with Crippen LogP contribution >= 0.6 is 0 Å². The lowest BCUT2D eigenvalue weighted by atomic mass is 10.1. The molecule has 0 fully saturated rings. The van der Waals surface area contributed by atoms with Crippen molar-refractivity contribution in [3.63, 3.8) is 0 Å². The first kappa shape index (κ1) is 13.1. The predicted molar refractivity (Wildman–Crippen MR) is 64.0 cm³/mol. The number of nitro benzene ring substituents is 1. The third-order valence-corrected chi connectivity index (χ3v) is 2.60. The third kappa shape index (κ3) is 3.12. The Bertz CT molecular complexity index is 566. The van der Waals surface area contributed by atoms with E-state index in [-0.39, 0.29) is 18.8 Å². The van der Waals surface area contributed by atoms with E-state index in [0.717, 1.165) is 0 Å². The van der Waals surface area contributed by atoms with Crippen molar-refractivity contribution in [3.05, 3.63) is 51.8 Å². The van der Waals surface area contributed by atoms with Crippen LogP contribution in [0.25, 0.3) is 0 Å². The maximum Gasteiger partial charge on any atom is 0.269 e. The van der Waals surface area contributed by atoms with E-state index in [1.807, 2.05) is 0 Å². The molecule has 0 spiro atoms. The van der Waals surface area contributed by atoms with Crippen LogP contribution in [0.1, 0.15) is 17.4 Å². The molecule has 0 saturated heterocycles. The molecule has 1 heterocycles. The van der Waals surface area contributed by atoms with Gasteiger partial charge in [-0.1, -0.05) is 5.21 Å². The first-order chi connectivity index (χ1) is 9.10. The Labute approximate surface area is 108 Å². The summed E-state index contributed by atoms with van der Waals surface area (Å²) in [7, 11) is 0. The lowest BCUT2D eigenvalue weighted by Gasteiger charge is -2.10. The van der Waals surface area contributed by atoms with Crippen LogP contribution in [0.5, 0.6) is 0 Å². The Kier molecular flexibility index (Phi) is 3.83. The molecule has 8 heteroatoms. The van der Waals surface area contributed by atoms with Crippen molar-refractivity contribution >= 4 is 5.69 Å². The first-order valence-corrected chi connectivity index (χ1v) is 5.52. The largest absolute Gasteiger partial charge is 0.390 e. The molecular weight excluding hydrogens is 252 g/mol. The number of rotatable bonds is 5. The molecule has 2 aromatic rings. The van der Waals surface area contributed by atoms with Crippen LogP contribution in [0.2, 0.25) is 0 Å². The minimum Gasteiger partial charge on any atom is -0.390 e. The van der Waals surface area contributed by atoms with Crippen LogP contribution in [0, 0.1) is 10.1 Å². The molecule has 1 aromatic carbocycles. The molecule has 0 aliphatic carbocycles. The highest BCUT2D eigenvalue weighted by Gasteiger charge is 2.12. The average molecular weight is 264 g/mol. The number of benzene rings is 1. The van der Waals surface area contributed by atoms with Gasteiger partial charge in [0.05, 0.1) is 30.4 Å². The van der Waals surface area contributed by atoms with E-state index in [1.54, 1.807) is 0 Å². The summed E-state index contributed by atoms with van der Waals surface area (Å²) in [6.07, 6.45) is 0.670. The Hall–Kier alpha value is -2.32. The van der Waals surface area contributed by atoms with Crippen molar-refractivity contribution in [3.8, 4) is 0 Å². The number of nitro groups is 1. The van der Waals surface area contributed by atoms with Gasteiger partial charge >= 0.3 is 0 Å². The highest BCUT2D eigenvalue weighted by Crippen LogP contribution is 2.18. The molecule has 2 N–H and O–H groups in total. The monoisotopic (exact) mass is 264 g/mol. The molecule has 0 radical (unpaired) electrons. The summed E-state index contributed by atoms with van der Waals surface area (Å²) in [6, 6.07) is 5.65. The van der Waals surface area contributed by atoms with E-state index in [1.165, 1.54) is 35.1 Å². The molecule has 0 unspecified atom stereocenters. The minimum atomic E-state index is -0.853. The molecule has 0 aliphatic heterocycles. The van der Waals surface area contributed by atoms with E-state index >= 15 is 0 Å². The molecule has 0 aliphatic rings. The maximum absolute atomic E-state index is 10.5. The standard InChI is InChI=1S/C11H12N4O4/c16-7-9-5-14(13-12-9)6-11(17)8-1-3-10(4-2-8)15(18)19/h1-5,11,16-17H,6-7H2/t11-/m0/s1. The van der Waals surface area contributed by atoms with Gasteiger partial charge in [0.1, 0.15) is 5.69 Å². The number of hydrogen-bond acceptors (Lipinski definition) is 6. The molecular formula is C11H12N4O4. The topological polar surface area (TPSA) is 114 Å². The van der Waals surface area contributed by atoms with Gasteiger partial charge in [-0.25, -0.2) is 4.68 Å². The maximum atomic E-state index is 10.5. The number of non-ortho nitro benzene ring substituents is 1. The van der Waals surface area contributed by atoms with Gasteiger partial charge < -0.3 is 10.2 Å². The summed E-state index contributed by atoms with van der Waals surface area (Å²) in [5.74, 6) is 0. The summed E-state index contributed by atoms with van der Waals surface area (Å²) in [4.78, 5) is 10.0. The summed E-state index contributed by atoms with van der Waals surface area (Å²) < 4.78 is 1.40. The zero-order valence-electron chi connectivity index (χ0n) is 9.88. The fourth-order valence-corrected chi connectivity index (χ4v) is 1.60. The fraction of sp³-hybridized carbons (Fsp3) is 0.273. The van der Waals surface area contributed by atoms with E-state index in [2.05, 4.69) is 10.3 Å². The highest BCUT2D eigenvalue weighted by molar-refractivity contribution is 5.33. The summed E-state index contributed by atoms with van der Waals surface area (Å²) in [5.41, 5.74) is 0.932. The molecule has 8 nitrogen and oxygen atoms in total. The Balaban J connectivity index is 2.06. The molecule has 1 aromatic heterocycles. The normalized spacial score (nSPS) is 12.3. The smallest absolute Gasteiger partial charge is 0.269 e. The van der Waals surface area contributed by atoms with Crippen molar-refractivity contribution in [2.24, 2.45) is 0 Å². The van der Waals surface area contributed by atoms with Gasteiger partial charge in [-0.15, -0.1) is 5.10 Å². The second-order valence-corrected chi connectivity index (χ2v) is 3.95. The van der Waals surface area contributed by atoms with Crippen LogP contribution in [0.4, 0.5) is 5.69 Å². The lowest BCUT2D eigenvalue weighted by Crippen LogP contribution is -2.09. The quantitative estimate of drug-likeness (QED) is 0.597. The summed E-state index contributed by atoms with van der Waals surface area (Å²) >= 11 is 0. The van der Waals surface area contributed by atoms with Gasteiger partial charge in [-0.2, -0.15) is 0 Å². The van der Waals surface area contributed by atoms with Gasteiger partial charge in [-0.05, 0) is 17.7 Å². The van der Waals surface area contributed by atoms with E-state index in [9.17, 15) is 15.2 Å². The van der Waals surface area contributed by atoms with Gasteiger partial charge in [0.25, 0.3) is 5.69 Å². The van der Waals surface area contributed by atoms with Crippen molar-refractivity contribution < 1.29 is 15.1 Å². The lowest BCUT2D eigenvalue weighted by molar-refractivity contribution is -0.384. The molecule has 0 bridgehead atoms. The van der Waals surface area contributed by atoms with Crippen molar-refractivity contribution in [2.45, 2.75) is 19.3 Å². The third-order valence-electron chi connectivity index (χ3n) is 2.60. The van der Waals surface area contributed by atoms with Crippen molar-refractivity contribution in [2.75, 3.05) is 0 Å². The number of nitrogens with zero attached hydrogens (tertiary/aromatic N) is 4. The number of hydrogen-bond donors (Lipinski definition) is 2. The SMILES string of the molecule is O=[N+]([O-])c1ccc([C@@H](O)Cn2cc(CO)nn2)cc1. The highest BCUT2D eigenvalue weighted by atomic mass is 16.6. The first-order valence-electron chi connectivity index (χ1n) is 5.52. The van der Waals surface area contributed by atoms with Crippen molar-refractivity contribution in [1.82, 2.24) is 15.0 Å². The number of aromatic nitrogens is 3. The van der Waals surface area contributed by atoms with E-state index in [0.29, 0.717) is 11.3 Å².